The van der Waals surface area contributed by atoms with E-state index < -0.39 is 0 Å². The molecule has 22 heavy (non-hydrogen) atoms. The Bertz CT molecular complexity index is 632. The molecule has 0 spiro atoms. The predicted octanol–water partition coefficient (Wildman–Crippen LogP) is 4.77. The molecule has 118 valence electrons. The molecule has 0 aliphatic rings. The minimum absolute atomic E-state index is 0.343. The van der Waals surface area contributed by atoms with Crippen molar-refractivity contribution in [3.05, 3.63) is 52.9 Å². The highest BCUT2D eigenvalue weighted by atomic mass is 14.8. The van der Waals surface area contributed by atoms with Gasteiger partial charge in [-0.1, -0.05) is 40.7 Å². The van der Waals surface area contributed by atoms with Crippen LogP contribution in [-0.4, -0.2) is 15.0 Å². The Morgan fingerprint density at radius 3 is 2.32 bits per heavy atom. The number of rotatable bonds is 5. The molecule has 0 bridgehead atoms. The summed E-state index contributed by atoms with van der Waals surface area (Å²) in [6.45, 7) is 13.1. The highest BCUT2D eigenvalue weighted by Gasteiger charge is 2.16. The van der Waals surface area contributed by atoms with Crippen molar-refractivity contribution in [2.75, 3.05) is 0 Å². The zero-order chi connectivity index (χ0) is 16.3. The molecule has 1 unspecified atom stereocenters. The number of hydrogen-bond donors (Lipinski definition) is 0. The van der Waals surface area contributed by atoms with Crippen molar-refractivity contribution in [1.82, 2.24) is 15.0 Å². The SMILES string of the molecule is Cc1ccc(CC(C)c2ncncc2C(C)C)nc1C(C)C. The first-order valence-electron chi connectivity index (χ1n) is 8.16. The van der Waals surface area contributed by atoms with Gasteiger partial charge in [-0.15, -0.1) is 0 Å². The molecule has 0 fully saturated rings. The summed E-state index contributed by atoms with van der Waals surface area (Å²) < 4.78 is 0. The van der Waals surface area contributed by atoms with Crippen LogP contribution in [0.15, 0.2) is 24.7 Å². The third-order valence-corrected chi connectivity index (χ3v) is 4.12. The number of pyridine rings is 1. The third kappa shape index (κ3) is 3.70. The van der Waals surface area contributed by atoms with Gasteiger partial charge in [-0.3, -0.25) is 4.98 Å². The quantitative estimate of drug-likeness (QED) is 0.797. The van der Waals surface area contributed by atoms with Crippen LogP contribution in [0.5, 0.6) is 0 Å². The van der Waals surface area contributed by atoms with Crippen molar-refractivity contribution in [3.8, 4) is 0 Å². The second kappa shape index (κ2) is 6.99. The maximum atomic E-state index is 4.87. The van der Waals surface area contributed by atoms with Gasteiger partial charge in [-0.2, -0.15) is 0 Å². The van der Waals surface area contributed by atoms with Gasteiger partial charge < -0.3 is 0 Å². The van der Waals surface area contributed by atoms with Crippen LogP contribution in [0.25, 0.3) is 0 Å². The summed E-state index contributed by atoms with van der Waals surface area (Å²) in [5, 5.41) is 0. The Labute approximate surface area is 134 Å². The van der Waals surface area contributed by atoms with Gasteiger partial charge in [0.1, 0.15) is 6.33 Å². The largest absolute Gasteiger partial charge is 0.257 e. The summed E-state index contributed by atoms with van der Waals surface area (Å²) in [7, 11) is 0. The molecule has 2 aromatic heterocycles. The summed E-state index contributed by atoms with van der Waals surface area (Å²) in [5.41, 5.74) is 6.02. The number of aryl methyl sites for hydroxylation is 1. The van der Waals surface area contributed by atoms with Gasteiger partial charge >= 0.3 is 0 Å². The van der Waals surface area contributed by atoms with Gasteiger partial charge in [0, 0.05) is 23.5 Å². The first kappa shape index (κ1) is 16.6. The van der Waals surface area contributed by atoms with Gasteiger partial charge in [-0.25, -0.2) is 9.97 Å². The fraction of sp³-hybridized carbons (Fsp3) is 0.526. The monoisotopic (exact) mass is 297 g/mol. The summed E-state index contributed by atoms with van der Waals surface area (Å²) >= 11 is 0. The van der Waals surface area contributed by atoms with Gasteiger partial charge in [0.2, 0.25) is 0 Å². The summed E-state index contributed by atoms with van der Waals surface area (Å²) in [4.78, 5) is 13.6. The van der Waals surface area contributed by atoms with Gasteiger partial charge in [-0.05, 0) is 42.4 Å². The molecule has 0 aliphatic heterocycles. The molecule has 2 heterocycles. The second-order valence-corrected chi connectivity index (χ2v) is 6.78. The van der Waals surface area contributed by atoms with Crippen molar-refractivity contribution in [2.45, 2.75) is 65.7 Å². The van der Waals surface area contributed by atoms with E-state index in [9.17, 15) is 0 Å². The van der Waals surface area contributed by atoms with Crippen molar-refractivity contribution in [3.63, 3.8) is 0 Å². The van der Waals surface area contributed by atoms with Crippen LogP contribution >= 0.6 is 0 Å². The molecule has 0 aromatic carbocycles. The van der Waals surface area contributed by atoms with Crippen LogP contribution in [0.1, 0.15) is 80.6 Å². The minimum atomic E-state index is 0.343. The first-order chi connectivity index (χ1) is 10.4. The maximum Gasteiger partial charge on any atom is 0.115 e. The van der Waals surface area contributed by atoms with E-state index >= 15 is 0 Å². The van der Waals surface area contributed by atoms with Crippen LogP contribution in [0.3, 0.4) is 0 Å². The molecule has 1 atom stereocenters. The van der Waals surface area contributed by atoms with E-state index in [1.54, 1.807) is 6.33 Å². The Balaban J connectivity index is 2.26. The number of aromatic nitrogens is 3. The molecule has 0 N–H and O–H groups in total. The minimum Gasteiger partial charge on any atom is -0.257 e. The molecular formula is C19H27N3. The molecule has 3 nitrogen and oxygen atoms in total. The molecule has 0 saturated heterocycles. The number of nitrogens with zero attached hydrogens (tertiary/aromatic N) is 3. The highest BCUT2D eigenvalue weighted by Crippen LogP contribution is 2.26. The molecule has 0 radical (unpaired) electrons. The molecule has 3 heteroatoms. The zero-order valence-electron chi connectivity index (χ0n) is 14.6. The van der Waals surface area contributed by atoms with E-state index in [2.05, 4.69) is 63.6 Å². The average Bonchev–Trinajstić information content (AvgIpc) is 2.48. The Hall–Kier alpha value is -1.77. The van der Waals surface area contributed by atoms with Crippen LogP contribution in [0.2, 0.25) is 0 Å². The summed E-state index contributed by atoms with van der Waals surface area (Å²) in [6, 6.07) is 4.33. The van der Waals surface area contributed by atoms with Crippen molar-refractivity contribution in [2.24, 2.45) is 0 Å². The van der Waals surface area contributed by atoms with E-state index in [0.29, 0.717) is 17.8 Å². The van der Waals surface area contributed by atoms with Gasteiger partial charge in [0.15, 0.2) is 0 Å². The Kier molecular flexibility index (Phi) is 5.28. The van der Waals surface area contributed by atoms with Crippen LogP contribution < -0.4 is 0 Å². The molecular weight excluding hydrogens is 270 g/mol. The van der Waals surface area contributed by atoms with E-state index in [-0.39, 0.29) is 0 Å². The molecule has 0 aliphatic carbocycles. The van der Waals surface area contributed by atoms with Crippen molar-refractivity contribution < 1.29 is 0 Å². The molecule has 2 aromatic rings. The van der Waals surface area contributed by atoms with Crippen LogP contribution in [0.4, 0.5) is 0 Å². The standard InChI is InChI=1S/C19H27N3/c1-12(2)17-10-20-11-21-19(17)15(6)9-16-8-7-14(5)18(22-16)13(3)4/h7-8,10-13,15H,9H2,1-6H3. The smallest absolute Gasteiger partial charge is 0.115 e. The predicted molar refractivity (Wildman–Crippen MR) is 91.3 cm³/mol. The Morgan fingerprint density at radius 2 is 1.68 bits per heavy atom. The fourth-order valence-electron chi connectivity index (χ4n) is 2.90. The van der Waals surface area contributed by atoms with Crippen LogP contribution in [-0.2, 0) is 6.42 Å². The lowest BCUT2D eigenvalue weighted by atomic mass is 9.92. The molecule has 2 rings (SSSR count). The van der Waals surface area contributed by atoms with E-state index in [1.165, 1.54) is 16.8 Å². The first-order valence-corrected chi connectivity index (χ1v) is 8.16. The average molecular weight is 297 g/mol. The molecule has 0 amide bonds. The van der Waals surface area contributed by atoms with Crippen LogP contribution in [0, 0.1) is 6.92 Å². The topological polar surface area (TPSA) is 38.7 Å². The lowest BCUT2D eigenvalue weighted by Crippen LogP contribution is -2.09. The van der Waals surface area contributed by atoms with Crippen molar-refractivity contribution in [1.29, 1.82) is 0 Å². The number of hydrogen-bond acceptors (Lipinski definition) is 3. The van der Waals surface area contributed by atoms with Crippen molar-refractivity contribution >= 4 is 0 Å². The fourth-order valence-corrected chi connectivity index (χ4v) is 2.90. The zero-order valence-corrected chi connectivity index (χ0v) is 14.6. The van der Waals surface area contributed by atoms with E-state index in [1.807, 2.05) is 6.20 Å². The third-order valence-electron chi connectivity index (χ3n) is 4.12. The molecule has 0 saturated carbocycles. The Morgan fingerprint density at radius 1 is 0.955 bits per heavy atom. The summed E-state index contributed by atoms with van der Waals surface area (Å²) in [5.74, 6) is 1.24. The van der Waals surface area contributed by atoms with E-state index in [0.717, 1.165) is 17.8 Å². The highest BCUT2D eigenvalue weighted by molar-refractivity contribution is 5.27. The lowest BCUT2D eigenvalue weighted by molar-refractivity contribution is 0.674. The normalized spacial score (nSPS) is 12.9. The maximum absolute atomic E-state index is 4.87. The lowest BCUT2D eigenvalue weighted by Gasteiger charge is -2.17. The van der Waals surface area contributed by atoms with Gasteiger partial charge in [0.25, 0.3) is 0 Å². The second-order valence-electron chi connectivity index (χ2n) is 6.78. The van der Waals surface area contributed by atoms with E-state index in [4.69, 9.17) is 4.98 Å². The summed E-state index contributed by atoms with van der Waals surface area (Å²) in [6.07, 6.45) is 4.52. The van der Waals surface area contributed by atoms with Gasteiger partial charge in [0.05, 0.1) is 5.69 Å².